The Hall–Kier alpha value is -2.74. The Balaban J connectivity index is 1.62. The van der Waals surface area contributed by atoms with Crippen LogP contribution in [0, 0.1) is 0 Å². The predicted octanol–water partition coefficient (Wildman–Crippen LogP) is 3.86. The topological polar surface area (TPSA) is 91.1 Å². The quantitative estimate of drug-likeness (QED) is 0.580. The summed E-state index contributed by atoms with van der Waals surface area (Å²) in [6.45, 7) is 2.73. The molecule has 9 heteroatoms. The summed E-state index contributed by atoms with van der Waals surface area (Å²) in [5.41, 5.74) is 0.185. The summed E-state index contributed by atoms with van der Waals surface area (Å²) < 4.78 is 21.1. The molecule has 1 aliphatic heterocycles. The van der Waals surface area contributed by atoms with Crippen molar-refractivity contribution in [3.8, 4) is 11.5 Å². The van der Waals surface area contributed by atoms with Crippen molar-refractivity contribution in [1.29, 1.82) is 0 Å². The van der Waals surface area contributed by atoms with E-state index in [0.29, 0.717) is 35.4 Å². The van der Waals surface area contributed by atoms with Gasteiger partial charge in [-0.2, -0.15) is 0 Å². The highest BCUT2D eigenvalue weighted by molar-refractivity contribution is 6.32. The van der Waals surface area contributed by atoms with E-state index in [0.717, 1.165) is 19.3 Å². The molecule has 30 heavy (non-hydrogen) atoms. The first-order chi connectivity index (χ1) is 14.5. The first kappa shape index (κ1) is 22.0. The van der Waals surface area contributed by atoms with E-state index in [1.165, 1.54) is 0 Å². The van der Waals surface area contributed by atoms with Gasteiger partial charge in [-0.1, -0.05) is 16.8 Å². The Morgan fingerprint density at radius 2 is 2.13 bits per heavy atom. The van der Waals surface area contributed by atoms with Crippen LogP contribution in [0.3, 0.4) is 0 Å². The molecule has 162 valence electrons. The lowest BCUT2D eigenvalue weighted by Crippen LogP contribution is -2.45. The standard InChI is InChI=1S/C21H25ClN2O6/c1-3-28-20(25)10-14-6-4-5-9-24(14)21(26)18-12-16(30-23-18)13-29-19-8-7-15(27-2)11-17(19)22/h7-8,11-12,14H,3-6,9-10,13H2,1-2H3/t14-/m1/s1. The average Bonchev–Trinajstić information content (AvgIpc) is 3.22. The maximum Gasteiger partial charge on any atom is 0.307 e. The molecule has 3 rings (SSSR count). The summed E-state index contributed by atoms with van der Waals surface area (Å²) in [7, 11) is 1.55. The van der Waals surface area contributed by atoms with Gasteiger partial charge in [-0.25, -0.2) is 0 Å². The van der Waals surface area contributed by atoms with Crippen LogP contribution in [0.15, 0.2) is 28.8 Å². The monoisotopic (exact) mass is 436 g/mol. The van der Waals surface area contributed by atoms with Crippen molar-refractivity contribution in [3.63, 3.8) is 0 Å². The molecule has 0 N–H and O–H groups in total. The maximum atomic E-state index is 12.9. The van der Waals surface area contributed by atoms with Gasteiger partial charge in [0.2, 0.25) is 0 Å². The number of methoxy groups -OCH3 is 1. The molecule has 1 saturated heterocycles. The first-order valence-corrected chi connectivity index (χ1v) is 10.3. The molecule has 2 heterocycles. The number of hydrogen-bond acceptors (Lipinski definition) is 7. The molecule has 0 radical (unpaired) electrons. The third-order valence-corrected chi connectivity index (χ3v) is 5.18. The Morgan fingerprint density at radius 3 is 2.87 bits per heavy atom. The van der Waals surface area contributed by atoms with Crippen LogP contribution in [-0.2, 0) is 16.1 Å². The van der Waals surface area contributed by atoms with Crippen molar-refractivity contribution in [2.24, 2.45) is 0 Å². The fraction of sp³-hybridized carbons (Fsp3) is 0.476. The molecule has 0 aliphatic carbocycles. The van der Waals surface area contributed by atoms with Gasteiger partial charge in [-0.3, -0.25) is 9.59 Å². The molecular formula is C21H25ClN2O6. The molecule has 1 aromatic carbocycles. The minimum atomic E-state index is -0.298. The minimum Gasteiger partial charge on any atom is -0.497 e. The zero-order valence-electron chi connectivity index (χ0n) is 17.1. The van der Waals surface area contributed by atoms with Gasteiger partial charge in [0.1, 0.15) is 18.1 Å². The third kappa shape index (κ3) is 5.44. The van der Waals surface area contributed by atoms with E-state index in [4.69, 9.17) is 30.3 Å². The smallest absolute Gasteiger partial charge is 0.307 e. The number of ether oxygens (including phenoxy) is 3. The maximum absolute atomic E-state index is 12.9. The molecule has 2 aromatic rings. The van der Waals surface area contributed by atoms with Crippen LogP contribution >= 0.6 is 11.6 Å². The lowest BCUT2D eigenvalue weighted by molar-refractivity contribution is -0.144. The van der Waals surface area contributed by atoms with Crippen LogP contribution in [0.4, 0.5) is 0 Å². The fourth-order valence-corrected chi connectivity index (χ4v) is 3.62. The number of carbonyl (C=O) groups excluding carboxylic acids is 2. The largest absolute Gasteiger partial charge is 0.497 e. The molecule has 1 amide bonds. The van der Waals surface area contributed by atoms with Crippen molar-refractivity contribution >= 4 is 23.5 Å². The normalized spacial score (nSPS) is 16.2. The zero-order valence-corrected chi connectivity index (χ0v) is 17.8. The van der Waals surface area contributed by atoms with E-state index in [2.05, 4.69) is 5.16 Å². The molecule has 0 bridgehead atoms. The fourth-order valence-electron chi connectivity index (χ4n) is 3.40. The summed E-state index contributed by atoms with van der Waals surface area (Å²) >= 11 is 6.16. The van der Waals surface area contributed by atoms with Gasteiger partial charge < -0.3 is 23.6 Å². The van der Waals surface area contributed by atoms with Crippen molar-refractivity contribution in [1.82, 2.24) is 10.1 Å². The number of carbonyl (C=O) groups is 2. The lowest BCUT2D eigenvalue weighted by Gasteiger charge is -2.34. The van der Waals surface area contributed by atoms with Crippen molar-refractivity contribution in [3.05, 3.63) is 40.7 Å². The number of nitrogens with zero attached hydrogens (tertiary/aromatic N) is 2. The molecule has 1 fully saturated rings. The van der Waals surface area contributed by atoms with E-state index in [-0.39, 0.29) is 36.6 Å². The van der Waals surface area contributed by atoms with Crippen molar-refractivity contribution < 1.29 is 28.3 Å². The number of hydrogen-bond donors (Lipinski definition) is 0. The van der Waals surface area contributed by atoms with Crippen LogP contribution in [0.1, 0.15) is 48.9 Å². The SMILES string of the molecule is CCOC(=O)C[C@H]1CCCCN1C(=O)c1cc(COc2ccc(OC)cc2Cl)on1. The van der Waals surface area contributed by atoms with Crippen LogP contribution in [0.25, 0.3) is 0 Å². The molecule has 0 saturated carbocycles. The van der Waals surface area contributed by atoms with Crippen molar-refractivity contribution in [2.75, 3.05) is 20.3 Å². The number of piperidine rings is 1. The second kappa shape index (κ2) is 10.3. The first-order valence-electron chi connectivity index (χ1n) is 9.90. The number of halogens is 1. The second-order valence-electron chi connectivity index (χ2n) is 6.92. The van der Waals surface area contributed by atoms with Crippen LogP contribution < -0.4 is 9.47 Å². The van der Waals surface area contributed by atoms with E-state index < -0.39 is 0 Å². The number of likely N-dealkylation sites (tertiary alicyclic amines) is 1. The molecule has 0 unspecified atom stereocenters. The van der Waals surface area contributed by atoms with Crippen LogP contribution in [-0.4, -0.2) is 48.2 Å². The summed E-state index contributed by atoms with van der Waals surface area (Å²) in [6.07, 6.45) is 2.79. The summed E-state index contributed by atoms with van der Waals surface area (Å²) in [5, 5.41) is 4.29. The third-order valence-electron chi connectivity index (χ3n) is 4.88. The second-order valence-corrected chi connectivity index (χ2v) is 7.33. The van der Waals surface area contributed by atoms with Crippen LogP contribution in [0.5, 0.6) is 11.5 Å². The summed E-state index contributed by atoms with van der Waals surface area (Å²) in [5.74, 6) is 0.921. The van der Waals surface area contributed by atoms with Gasteiger partial charge in [-0.15, -0.1) is 0 Å². The van der Waals surface area contributed by atoms with Crippen molar-refractivity contribution in [2.45, 2.75) is 45.3 Å². The number of aromatic nitrogens is 1. The minimum absolute atomic E-state index is 0.0680. The highest BCUT2D eigenvalue weighted by Gasteiger charge is 2.31. The van der Waals surface area contributed by atoms with Gasteiger partial charge in [0, 0.05) is 24.7 Å². The molecule has 1 aliphatic rings. The van der Waals surface area contributed by atoms with Gasteiger partial charge in [0.25, 0.3) is 5.91 Å². The van der Waals surface area contributed by atoms with E-state index in [1.807, 2.05) is 0 Å². The highest BCUT2D eigenvalue weighted by Crippen LogP contribution is 2.29. The Bertz CT molecular complexity index is 884. The predicted molar refractivity (Wildman–Crippen MR) is 109 cm³/mol. The molecule has 1 atom stereocenters. The summed E-state index contributed by atoms with van der Waals surface area (Å²) in [4.78, 5) is 26.5. The highest BCUT2D eigenvalue weighted by atomic mass is 35.5. The van der Waals surface area contributed by atoms with E-state index in [1.54, 1.807) is 43.2 Å². The van der Waals surface area contributed by atoms with E-state index in [9.17, 15) is 9.59 Å². The average molecular weight is 437 g/mol. The molecule has 0 spiro atoms. The Labute approximate surface area is 180 Å². The Morgan fingerprint density at radius 1 is 1.30 bits per heavy atom. The van der Waals surface area contributed by atoms with E-state index >= 15 is 0 Å². The number of rotatable bonds is 8. The number of esters is 1. The number of benzene rings is 1. The molecule has 1 aromatic heterocycles. The van der Waals surface area contributed by atoms with Gasteiger partial charge in [0.05, 0.1) is 25.2 Å². The molecular weight excluding hydrogens is 412 g/mol. The van der Waals surface area contributed by atoms with Gasteiger partial charge in [-0.05, 0) is 38.3 Å². The van der Waals surface area contributed by atoms with Gasteiger partial charge >= 0.3 is 5.97 Å². The Kier molecular flexibility index (Phi) is 7.57. The number of amides is 1. The molecule has 8 nitrogen and oxygen atoms in total. The van der Waals surface area contributed by atoms with Gasteiger partial charge in [0.15, 0.2) is 11.5 Å². The summed E-state index contributed by atoms with van der Waals surface area (Å²) in [6, 6.07) is 6.43. The van der Waals surface area contributed by atoms with Crippen LogP contribution in [0.2, 0.25) is 5.02 Å². The zero-order chi connectivity index (χ0) is 21.5. The lowest BCUT2D eigenvalue weighted by atomic mass is 9.99.